The number of anilines is 1. The molecule has 6 nitrogen and oxygen atoms in total. The highest BCUT2D eigenvalue weighted by molar-refractivity contribution is 8.19. The second-order valence-corrected chi connectivity index (χ2v) is 6.14. The molecule has 25 heavy (non-hydrogen) atoms. The van der Waals surface area contributed by atoms with Crippen molar-refractivity contribution in [2.24, 2.45) is 0 Å². The maximum Gasteiger partial charge on any atom is 0.298 e. The van der Waals surface area contributed by atoms with Crippen LogP contribution in [0, 0.1) is 0 Å². The van der Waals surface area contributed by atoms with Gasteiger partial charge >= 0.3 is 0 Å². The summed E-state index contributed by atoms with van der Waals surface area (Å²) in [5.74, 6) is 0.699. The highest BCUT2D eigenvalue weighted by Gasteiger charge is 2.36. The number of carbonyl (C=O) groups is 2. The Hall–Kier alpha value is -2.93. The molecule has 0 radical (unpaired) electrons. The van der Waals surface area contributed by atoms with Crippen molar-refractivity contribution in [3.05, 3.63) is 52.9 Å². The van der Waals surface area contributed by atoms with Gasteiger partial charge in [-0.25, -0.2) is 4.90 Å². The van der Waals surface area contributed by atoms with Crippen molar-refractivity contribution in [1.82, 2.24) is 0 Å². The number of benzene rings is 2. The van der Waals surface area contributed by atoms with Crippen LogP contribution in [0.5, 0.6) is 17.2 Å². The number of imide groups is 1. The van der Waals surface area contributed by atoms with Gasteiger partial charge in [-0.3, -0.25) is 9.59 Å². The van der Waals surface area contributed by atoms with E-state index in [-0.39, 0.29) is 10.7 Å². The van der Waals surface area contributed by atoms with Crippen LogP contribution in [0.2, 0.25) is 0 Å². The Morgan fingerprint density at radius 2 is 1.88 bits per heavy atom. The van der Waals surface area contributed by atoms with Crippen LogP contribution < -0.4 is 14.4 Å². The van der Waals surface area contributed by atoms with Gasteiger partial charge in [0.1, 0.15) is 17.2 Å². The number of ether oxygens (including phenoxy) is 2. The molecule has 1 aliphatic heterocycles. The average Bonchev–Trinajstić information content (AvgIpc) is 2.88. The minimum Gasteiger partial charge on any atom is -0.508 e. The molecule has 2 aromatic rings. The highest BCUT2D eigenvalue weighted by Crippen LogP contribution is 2.38. The quantitative estimate of drug-likeness (QED) is 0.842. The molecule has 2 aromatic carbocycles. The first-order valence-electron chi connectivity index (χ1n) is 7.32. The Morgan fingerprint density at radius 3 is 2.56 bits per heavy atom. The van der Waals surface area contributed by atoms with E-state index >= 15 is 0 Å². The summed E-state index contributed by atoms with van der Waals surface area (Å²) in [6.45, 7) is 0. The molecule has 7 heteroatoms. The van der Waals surface area contributed by atoms with Crippen molar-refractivity contribution < 1.29 is 24.2 Å². The van der Waals surface area contributed by atoms with Gasteiger partial charge in [-0.1, -0.05) is 6.07 Å². The summed E-state index contributed by atoms with van der Waals surface area (Å²) >= 11 is 0.831. The largest absolute Gasteiger partial charge is 0.508 e. The second-order valence-electron chi connectivity index (χ2n) is 5.14. The predicted octanol–water partition coefficient (Wildman–Crippen LogP) is 3.65. The Balaban J connectivity index is 1.98. The fourth-order valence-corrected chi connectivity index (χ4v) is 3.25. The fourth-order valence-electron chi connectivity index (χ4n) is 2.42. The van der Waals surface area contributed by atoms with Gasteiger partial charge in [0.2, 0.25) is 0 Å². The molecule has 0 spiro atoms. The molecule has 3 rings (SSSR count). The summed E-state index contributed by atoms with van der Waals surface area (Å²) in [5, 5.41) is 9.14. The van der Waals surface area contributed by atoms with Crippen LogP contribution in [-0.2, 0) is 4.79 Å². The maximum absolute atomic E-state index is 12.6. The first kappa shape index (κ1) is 16.9. The molecule has 0 atom stereocenters. The van der Waals surface area contributed by atoms with E-state index in [0.29, 0.717) is 22.7 Å². The summed E-state index contributed by atoms with van der Waals surface area (Å²) < 4.78 is 10.5. The van der Waals surface area contributed by atoms with Gasteiger partial charge in [-0.2, -0.15) is 0 Å². The predicted molar refractivity (Wildman–Crippen MR) is 96.1 cm³/mol. The topological polar surface area (TPSA) is 76.1 Å². The zero-order valence-corrected chi connectivity index (χ0v) is 14.4. The summed E-state index contributed by atoms with van der Waals surface area (Å²) in [6.07, 6.45) is 1.59. The third kappa shape index (κ3) is 3.32. The number of methoxy groups -OCH3 is 2. The van der Waals surface area contributed by atoms with Crippen molar-refractivity contribution in [1.29, 1.82) is 0 Å². The van der Waals surface area contributed by atoms with Gasteiger partial charge in [0.15, 0.2) is 0 Å². The van der Waals surface area contributed by atoms with E-state index in [4.69, 9.17) is 9.47 Å². The zero-order valence-electron chi connectivity index (χ0n) is 13.6. The number of amides is 2. The molecule has 1 fully saturated rings. The molecular weight excluding hydrogens is 342 g/mol. The Morgan fingerprint density at radius 1 is 1.08 bits per heavy atom. The van der Waals surface area contributed by atoms with Gasteiger partial charge in [0.25, 0.3) is 11.1 Å². The maximum atomic E-state index is 12.6. The molecule has 1 heterocycles. The van der Waals surface area contributed by atoms with Crippen LogP contribution in [0.15, 0.2) is 47.4 Å². The number of hydrogen-bond donors (Lipinski definition) is 1. The molecule has 0 aliphatic carbocycles. The van der Waals surface area contributed by atoms with Crippen LogP contribution >= 0.6 is 11.8 Å². The van der Waals surface area contributed by atoms with Crippen LogP contribution in [0.3, 0.4) is 0 Å². The first-order valence-corrected chi connectivity index (χ1v) is 8.14. The standard InChI is InChI=1S/C18H15NO5S/c1-23-14-6-7-15(24-2)11(8-14)9-16-17(21)19(18(22)25-16)12-4-3-5-13(20)10-12/h3-10,20H,1-2H3/b16-9-. The Labute approximate surface area is 148 Å². The van der Waals surface area contributed by atoms with Crippen LogP contribution in [0.4, 0.5) is 10.5 Å². The van der Waals surface area contributed by atoms with Crippen molar-refractivity contribution in [2.45, 2.75) is 0 Å². The van der Waals surface area contributed by atoms with E-state index < -0.39 is 11.1 Å². The lowest BCUT2D eigenvalue weighted by Gasteiger charge is -2.12. The van der Waals surface area contributed by atoms with Crippen LogP contribution in [0.1, 0.15) is 5.56 Å². The minimum atomic E-state index is -0.453. The summed E-state index contributed by atoms with van der Waals surface area (Å²) in [7, 11) is 3.07. The molecule has 128 valence electrons. The van der Waals surface area contributed by atoms with E-state index in [0.717, 1.165) is 16.7 Å². The van der Waals surface area contributed by atoms with Crippen molar-refractivity contribution in [2.75, 3.05) is 19.1 Å². The third-order valence-electron chi connectivity index (χ3n) is 3.61. The molecule has 0 saturated carbocycles. The molecule has 0 bridgehead atoms. The van der Waals surface area contributed by atoms with Crippen molar-refractivity contribution in [3.8, 4) is 17.2 Å². The lowest BCUT2D eigenvalue weighted by atomic mass is 10.1. The van der Waals surface area contributed by atoms with Crippen LogP contribution in [-0.4, -0.2) is 30.5 Å². The fraction of sp³-hybridized carbons (Fsp3) is 0.111. The number of hydrogen-bond acceptors (Lipinski definition) is 6. The lowest BCUT2D eigenvalue weighted by molar-refractivity contribution is -0.113. The second kappa shape index (κ2) is 6.90. The molecule has 1 saturated heterocycles. The van der Waals surface area contributed by atoms with E-state index in [1.807, 2.05) is 0 Å². The van der Waals surface area contributed by atoms with Crippen molar-refractivity contribution >= 4 is 34.7 Å². The molecule has 1 N–H and O–H groups in total. The smallest absolute Gasteiger partial charge is 0.298 e. The number of carbonyl (C=O) groups excluding carboxylic acids is 2. The molecule has 2 amide bonds. The van der Waals surface area contributed by atoms with Gasteiger partial charge in [0, 0.05) is 11.6 Å². The number of aromatic hydroxyl groups is 1. The van der Waals surface area contributed by atoms with Crippen molar-refractivity contribution in [3.63, 3.8) is 0 Å². The third-order valence-corrected chi connectivity index (χ3v) is 4.47. The van der Waals surface area contributed by atoms with E-state index in [9.17, 15) is 14.7 Å². The van der Waals surface area contributed by atoms with Gasteiger partial charge in [-0.05, 0) is 48.2 Å². The molecule has 0 unspecified atom stereocenters. The van der Waals surface area contributed by atoms with Gasteiger partial charge in [-0.15, -0.1) is 0 Å². The molecule has 0 aromatic heterocycles. The average molecular weight is 357 g/mol. The first-order chi connectivity index (χ1) is 12.0. The normalized spacial score (nSPS) is 15.8. The number of rotatable bonds is 4. The zero-order chi connectivity index (χ0) is 18.0. The van der Waals surface area contributed by atoms with Crippen LogP contribution in [0.25, 0.3) is 6.08 Å². The highest BCUT2D eigenvalue weighted by atomic mass is 32.2. The van der Waals surface area contributed by atoms with E-state index in [2.05, 4.69) is 0 Å². The number of phenols is 1. The lowest BCUT2D eigenvalue weighted by Crippen LogP contribution is -2.27. The monoisotopic (exact) mass is 357 g/mol. The number of nitrogens with zero attached hydrogens (tertiary/aromatic N) is 1. The van der Waals surface area contributed by atoms with Gasteiger partial charge < -0.3 is 14.6 Å². The minimum absolute atomic E-state index is 0.0185. The molecular formula is C18H15NO5S. The van der Waals surface area contributed by atoms with E-state index in [1.165, 1.54) is 19.2 Å². The summed E-state index contributed by atoms with van der Waals surface area (Å²) in [4.78, 5) is 26.2. The Kier molecular flexibility index (Phi) is 4.67. The summed E-state index contributed by atoms with van der Waals surface area (Å²) in [6, 6.07) is 11.2. The molecule has 1 aliphatic rings. The number of thioether (sulfide) groups is 1. The Bertz CT molecular complexity index is 878. The van der Waals surface area contributed by atoms with E-state index in [1.54, 1.807) is 43.5 Å². The SMILES string of the molecule is COc1ccc(OC)c(/C=C2\SC(=O)N(c3cccc(O)c3)C2=O)c1. The van der Waals surface area contributed by atoms with Gasteiger partial charge in [0.05, 0.1) is 24.8 Å². The summed E-state index contributed by atoms with van der Waals surface area (Å²) in [5.41, 5.74) is 0.951. The number of phenolic OH excluding ortho intramolecular Hbond substituents is 1.